The molecule has 3 rings (SSSR count). The number of aromatic nitrogens is 1. The second kappa shape index (κ2) is 7.62. The maximum Gasteiger partial charge on any atom is 0.251 e. The summed E-state index contributed by atoms with van der Waals surface area (Å²) in [5, 5.41) is 2.97. The van der Waals surface area contributed by atoms with Crippen LogP contribution >= 0.6 is 0 Å². The lowest BCUT2D eigenvalue weighted by atomic mass is 10.1. The first-order valence-electron chi connectivity index (χ1n) is 8.10. The number of nitrogens with one attached hydrogen (secondary N) is 1. The summed E-state index contributed by atoms with van der Waals surface area (Å²) in [5.41, 5.74) is 4.53. The second-order valence-electron chi connectivity index (χ2n) is 5.79. The Bertz CT molecular complexity index is 873. The fourth-order valence-corrected chi connectivity index (χ4v) is 2.65. The van der Waals surface area contributed by atoms with Crippen LogP contribution in [0.4, 0.5) is 0 Å². The molecule has 0 fully saturated rings. The van der Waals surface area contributed by atoms with E-state index >= 15 is 0 Å². The van der Waals surface area contributed by atoms with Crippen LogP contribution in [0.2, 0.25) is 0 Å². The lowest BCUT2D eigenvalue weighted by molar-refractivity contribution is 0.0951. The molecule has 1 N–H and O–H groups in total. The topological polar surface area (TPSA) is 51.2 Å². The Kier molecular flexibility index (Phi) is 5.09. The number of ether oxygens (including phenoxy) is 1. The number of hydrogen-bond donors (Lipinski definition) is 1. The van der Waals surface area contributed by atoms with E-state index in [0.29, 0.717) is 12.1 Å². The molecule has 25 heavy (non-hydrogen) atoms. The molecular formula is C21H20N2O2. The van der Waals surface area contributed by atoms with Crippen molar-refractivity contribution in [1.29, 1.82) is 0 Å². The first-order chi connectivity index (χ1) is 12.2. The highest BCUT2D eigenvalue weighted by Crippen LogP contribution is 2.23. The van der Waals surface area contributed by atoms with Crippen LogP contribution < -0.4 is 10.1 Å². The van der Waals surface area contributed by atoms with Crippen LogP contribution in [-0.2, 0) is 6.54 Å². The Balaban J connectivity index is 1.78. The van der Waals surface area contributed by atoms with Crippen LogP contribution in [0, 0.1) is 6.92 Å². The molecule has 0 aliphatic rings. The predicted octanol–water partition coefficient (Wildman–Crippen LogP) is 4.00. The fraction of sp³-hybridized carbons (Fsp3) is 0.143. The number of carbonyl (C=O) groups is 1. The summed E-state index contributed by atoms with van der Waals surface area (Å²) in [7, 11) is 1.64. The molecule has 3 aromatic rings. The third-order valence-corrected chi connectivity index (χ3v) is 3.97. The maximum atomic E-state index is 12.4. The van der Waals surface area contributed by atoms with E-state index in [1.165, 1.54) is 0 Å². The molecule has 4 nitrogen and oxygen atoms in total. The summed E-state index contributed by atoms with van der Waals surface area (Å²) in [4.78, 5) is 16.8. The van der Waals surface area contributed by atoms with Crippen molar-refractivity contribution < 1.29 is 9.53 Å². The number of methoxy groups -OCH3 is 1. The number of amides is 1. The van der Waals surface area contributed by atoms with Gasteiger partial charge in [0.2, 0.25) is 0 Å². The van der Waals surface area contributed by atoms with Crippen LogP contribution in [0.25, 0.3) is 11.3 Å². The average Bonchev–Trinajstić information content (AvgIpc) is 2.66. The zero-order valence-corrected chi connectivity index (χ0v) is 14.3. The zero-order valence-electron chi connectivity index (χ0n) is 14.3. The van der Waals surface area contributed by atoms with Gasteiger partial charge in [-0.2, -0.15) is 0 Å². The molecule has 126 valence electrons. The number of benzene rings is 2. The van der Waals surface area contributed by atoms with Gasteiger partial charge in [0.1, 0.15) is 5.75 Å². The zero-order chi connectivity index (χ0) is 17.6. The van der Waals surface area contributed by atoms with Gasteiger partial charge in [-0.3, -0.25) is 9.78 Å². The van der Waals surface area contributed by atoms with Crippen molar-refractivity contribution in [3.8, 4) is 17.0 Å². The van der Waals surface area contributed by atoms with Gasteiger partial charge in [-0.1, -0.05) is 23.8 Å². The molecule has 0 aliphatic heterocycles. The molecule has 1 aromatic heterocycles. The van der Waals surface area contributed by atoms with Gasteiger partial charge in [0.05, 0.1) is 12.8 Å². The third-order valence-electron chi connectivity index (χ3n) is 3.97. The summed E-state index contributed by atoms with van der Waals surface area (Å²) in [6, 6.07) is 19.1. The summed E-state index contributed by atoms with van der Waals surface area (Å²) in [5.74, 6) is 0.710. The Morgan fingerprint density at radius 1 is 1.08 bits per heavy atom. The molecular weight excluding hydrogens is 312 g/mol. The molecule has 0 saturated heterocycles. The van der Waals surface area contributed by atoms with Gasteiger partial charge < -0.3 is 10.1 Å². The molecule has 0 unspecified atom stereocenters. The number of rotatable bonds is 5. The highest BCUT2D eigenvalue weighted by atomic mass is 16.5. The van der Waals surface area contributed by atoms with Gasteiger partial charge in [0.15, 0.2) is 0 Å². The standard InChI is InChI=1S/C21H20N2O2/c1-15-5-3-6-17(13-15)21(24)23-14-18-7-4-12-22-20(18)16-8-10-19(25-2)11-9-16/h3-13H,14H2,1-2H3,(H,23,24). The van der Waals surface area contributed by atoms with E-state index in [9.17, 15) is 4.79 Å². The molecule has 0 radical (unpaired) electrons. The van der Waals surface area contributed by atoms with Crippen molar-refractivity contribution in [2.75, 3.05) is 7.11 Å². The molecule has 0 bridgehead atoms. The van der Waals surface area contributed by atoms with Crippen molar-refractivity contribution >= 4 is 5.91 Å². The van der Waals surface area contributed by atoms with Crippen LogP contribution in [0.3, 0.4) is 0 Å². The summed E-state index contributed by atoms with van der Waals surface area (Å²) in [6.07, 6.45) is 1.76. The lowest BCUT2D eigenvalue weighted by Crippen LogP contribution is -2.23. The molecule has 4 heteroatoms. The molecule has 1 amide bonds. The fourth-order valence-electron chi connectivity index (χ4n) is 2.65. The van der Waals surface area contributed by atoms with E-state index in [1.54, 1.807) is 13.3 Å². The lowest BCUT2D eigenvalue weighted by Gasteiger charge is -2.11. The minimum atomic E-state index is -0.0896. The Labute approximate surface area is 147 Å². The highest BCUT2D eigenvalue weighted by molar-refractivity contribution is 5.94. The first-order valence-corrected chi connectivity index (χ1v) is 8.10. The van der Waals surface area contributed by atoms with Crippen molar-refractivity contribution in [2.24, 2.45) is 0 Å². The predicted molar refractivity (Wildman–Crippen MR) is 98.6 cm³/mol. The van der Waals surface area contributed by atoms with Gasteiger partial charge in [-0.15, -0.1) is 0 Å². The largest absolute Gasteiger partial charge is 0.497 e. The van der Waals surface area contributed by atoms with Gasteiger partial charge in [0, 0.05) is 23.9 Å². The van der Waals surface area contributed by atoms with Gasteiger partial charge in [0.25, 0.3) is 5.91 Å². The monoisotopic (exact) mass is 332 g/mol. The van der Waals surface area contributed by atoms with Crippen LogP contribution in [0.15, 0.2) is 66.9 Å². The quantitative estimate of drug-likeness (QED) is 0.768. The molecule has 0 aliphatic carbocycles. The van der Waals surface area contributed by atoms with Crippen LogP contribution in [0.1, 0.15) is 21.5 Å². The molecule has 2 aromatic carbocycles. The smallest absolute Gasteiger partial charge is 0.251 e. The van der Waals surface area contributed by atoms with Crippen LogP contribution in [0.5, 0.6) is 5.75 Å². The van der Waals surface area contributed by atoms with Crippen molar-refractivity contribution in [2.45, 2.75) is 13.5 Å². The van der Waals surface area contributed by atoms with Crippen LogP contribution in [-0.4, -0.2) is 18.0 Å². The van der Waals surface area contributed by atoms with Gasteiger partial charge in [-0.05, 0) is 55.0 Å². The van der Waals surface area contributed by atoms with E-state index in [-0.39, 0.29) is 5.91 Å². The number of carbonyl (C=O) groups excluding carboxylic acids is 1. The minimum absolute atomic E-state index is 0.0896. The number of hydrogen-bond acceptors (Lipinski definition) is 3. The molecule has 0 saturated carbocycles. The van der Waals surface area contributed by atoms with E-state index in [1.807, 2.05) is 67.6 Å². The maximum absolute atomic E-state index is 12.4. The summed E-state index contributed by atoms with van der Waals surface area (Å²) in [6.45, 7) is 2.39. The number of nitrogens with zero attached hydrogens (tertiary/aromatic N) is 1. The van der Waals surface area contributed by atoms with E-state index in [2.05, 4.69) is 10.3 Å². The van der Waals surface area contributed by atoms with Gasteiger partial charge in [-0.25, -0.2) is 0 Å². The van der Waals surface area contributed by atoms with Crippen molar-refractivity contribution in [3.05, 3.63) is 83.6 Å². The molecule has 0 atom stereocenters. The third kappa shape index (κ3) is 4.04. The summed E-state index contributed by atoms with van der Waals surface area (Å²) >= 11 is 0. The number of aryl methyl sites for hydroxylation is 1. The van der Waals surface area contributed by atoms with E-state index in [0.717, 1.165) is 28.1 Å². The van der Waals surface area contributed by atoms with Crippen molar-refractivity contribution in [3.63, 3.8) is 0 Å². The number of pyridine rings is 1. The highest BCUT2D eigenvalue weighted by Gasteiger charge is 2.09. The SMILES string of the molecule is COc1ccc(-c2ncccc2CNC(=O)c2cccc(C)c2)cc1. The average molecular weight is 332 g/mol. The van der Waals surface area contributed by atoms with E-state index < -0.39 is 0 Å². The Hall–Kier alpha value is -3.14. The second-order valence-corrected chi connectivity index (χ2v) is 5.79. The Morgan fingerprint density at radius 2 is 1.88 bits per heavy atom. The first kappa shape index (κ1) is 16.7. The summed E-state index contributed by atoms with van der Waals surface area (Å²) < 4.78 is 5.20. The molecule has 1 heterocycles. The van der Waals surface area contributed by atoms with Gasteiger partial charge >= 0.3 is 0 Å². The van der Waals surface area contributed by atoms with E-state index in [4.69, 9.17) is 4.74 Å². The minimum Gasteiger partial charge on any atom is -0.497 e. The molecule has 0 spiro atoms. The Morgan fingerprint density at radius 3 is 2.60 bits per heavy atom. The normalized spacial score (nSPS) is 10.3. The van der Waals surface area contributed by atoms with Crippen molar-refractivity contribution in [1.82, 2.24) is 10.3 Å².